The Morgan fingerprint density at radius 1 is 1.02 bits per heavy atom. The summed E-state index contributed by atoms with van der Waals surface area (Å²) in [6.07, 6.45) is -3.84. The van der Waals surface area contributed by atoms with Crippen molar-refractivity contribution >= 4 is 52.3 Å². The summed E-state index contributed by atoms with van der Waals surface area (Å²) in [5.74, 6) is -0.439. The van der Waals surface area contributed by atoms with Crippen molar-refractivity contribution in [2.75, 3.05) is 77.1 Å². The number of benzene rings is 1. The van der Waals surface area contributed by atoms with Crippen LogP contribution in [0.3, 0.4) is 0 Å². The van der Waals surface area contributed by atoms with Gasteiger partial charge in [-0.15, -0.1) is 11.3 Å². The molecule has 268 valence electrons. The maximum absolute atomic E-state index is 14.0. The summed E-state index contributed by atoms with van der Waals surface area (Å²) >= 11 is 7.85. The highest BCUT2D eigenvalue weighted by atomic mass is 35.5. The average Bonchev–Trinajstić information content (AvgIpc) is 3.54. The maximum Gasteiger partial charge on any atom is 0.418 e. The van der Waals surface area contributed by atoms with Gasteiger partial charge in [-0.25, -0.2) is 9.59 Å². The van der Waals surface area contributed by atoms with Crippen molar-refractivity contribution in [2.45, 2.75) is 63.0 Å². The van der Waals surface area contributed by atoms with Gasteiger partial charge in [-0.3, -0.25) is 9.69 Å². The van der Waals surface area contributed by atoms with Gasteiger partial charge in [0.25, 0.3) is 5.91 Å². The topological polar surface area (TPSA) is 101 Å². The molecule has 1 atom stereocenters. The minimum atomic E-state index is -4.70. The lowest BCUT2D eigenvalue weighted by Crippen LogP contribution is -2.56. The molecule has 0 unspecified atom stereocenters. The molecule has 16 heteroatoms. The van der Waals surface area contributed by atoms with Crippen molar-refractivity contribution in [3.05, 3.63) is 44.6 Å². The molecule has 1 aromatic carbocycles. The predicted octanol–water partition coefficient (Wildman–Crippen LogP) is 5.26. The zero-order valence-electron chi connectivity index (χ0n) is 27.7. The minimum Gasteiger partial charge on any atom is -0.436 e. The molecule has 3 fully saturated rings. The summed E-state index contributed by atoms with van der Waals surface area (Å²) in [7, 11) is 3.47. The number of fused-ring (bicyclic) bond motifs is 1. The molecule has 4 aliphatic heterocycles. The molecule has 6 rings (SSSR count). The average molecular weight is 726 g/mol. The van der Waals surface area contributed by atoms with Crippen LogP contribution in [0, 0.1) is 0 Å². The first kappa shape index (κ1) is 35.6. The summed E-state index contributed by atoms with van der Waals surface area (Å²) in [5, 5.41) is 7.23. The van der Waals surface area contributed by atoms with Crippen LogP contribution in [0.15, 0.2) is 23.6 Å². The molecular formula is C33H43ClF3N7O4S. The van der Waals surface area contributed by atoms with E-state index in [0.29, 0.717) is 64.7 Å². The lowest BCUT2D eigenvalue weighted by molar-refractivity contribution is -0.143. The van der Waals surface area contributed by atoms with Crippen molar-refractivity contribution in [3.8, 4) is 0 Å². The monoisotopic (exact) mass is 725 g/mol. The Kier molecular flexibility index (Phi) is 10.8. The summed E-state index contributed by atoms with van der Waals surface area (Å²) < 4.78 is 47.8. The molecule has 49 heavy (non-hydrogen) atoms. The Morgan fingerprint density at radius 3 is 2.35 bits per heavy atom. The minimum absolute atomic E-state index is 0.0776. The summed E-state index contributed by atoms with van der Waals surface area (Å²) in [5.41, 5.74) is -0.255. The van der Waals surface area contributed by atoms with E-state index in [9.17, 15) is 27.6 Å². The number of carbonyl (C=O) groups is 3. The van der Waals surface area contributed by atoms with Crippen LogP contribution >= 0.6 is 22.9 Å². The van der Waals surface area contributed by atoms with Crippen LogP contribution in [0.5, 0.6) is 0 Å². The Morgan fingerprint density at radius 2 is 1.69 bits per heavy atom. The number of ether oxygens (including phenoxy) is 1. The first-order valence-electron chi connectivity index (χ1n) is 16.8. The van der Waals surface area contributed by atoms with E-state index in [1.807, 2.05) is 11.4 Å². The molecule has 5 heterocycles. The van der Waals surface area contributed by atoms with E-state index in [1.54, 1.807) is 21.1 Å². The van der Waals surface area contributed by atoms with Crippen molar-refractivity contribution in [2.24, 2.45) is 0 Å². The van der Waals surface area contributed by atoms with Crippen molar-refractivity contribution < 1.29 is 32.3 Å². The number of piperidine rings is 2. The lowest BCUT2D eigenvalue weighted by atomic mass is 10.0. The molecule has 4 amide bonds. The number of rotatable bonds is 7. The summed E-state index contributed by atoms with van der Waals surface area (Å²) in [6, 6.07) is 4.41. The molecule has 0 saturated carbocycles. The Labute approximate surface area is 293 Å². The van der Waals surface area contributed by atoms with E-state index in [-0.39, 0.29) is 34.8 Å². The highest BCUT2D eigenvalue weighted by molar-refractivity contribution is 7.10. The number of hydrogen-bond acceptors (Lipinski definition) is 8. The smallest absolute Gasteiger partial charge is 0.418 e. The van der Waals surface area contributed by atoms with Crippen molar-refractivity contribution in [1.29, 1.82) is 0 Å². The van der Waals surface area contributed by atoms with Gasteiger partial charge in [0.2, 0.25) is 0 Å². The van der Waals surface area contributed by atoms with E-state index in [2.05, 4.69) is 27.5 Å². The first-order chi connectivity index (χ1) is 23.4. The largest absolute Gasteiger partial charge is 0.436 e. The number of hydrogen-bond donors (Lipinski definition) is 2. The lowest BCUT2D eigenvalue weighted by Gasteiger charge is -2.43. The number of halogens is 4. The molecule has 0 bridgehead atoms. The van der Waals surface area contributed by atoms with Gasteiger partial charge >= 0.3 is 18.3 Å². The molecular weight excluding hydrogens is 683 g/mol. The molecule has 11 nitrogen and oxygen atoms in total. The van der Waals surface area contributed by atoms with Crippen LogP contribution in [-0.4, -0.2) is 127 Å². The van der Waals surface area contributed by atoms with Gasteiger partial charge in [0.05, 0.1) is 28.5 Å². The first-order valence-corrected chi connectivity index (χ1v) is 18.0. The van der Waals surface area contributed by atoms with Gasteiger partial charge in [-0.05, 0) is 75.0 Å². The van der Waals surface area contributed by atoms with E-state index >= 15 is 0 Å². The standard InChI is InChI=1S/C33H43ClF3N7O4S/c1-38-29-24(33(35,36)37)17-21(18-25(29)34)19-27(30(45)42-14-12-41(13-15-42)22-3-8-40(2)9-4-22)48-32(47)43-10-5-23(6-11-43)44-20-28-26(7-16-49-28)39-31(44)46/h7,16-18,22-23,27,38H,3-6,8-15,19-20H2,1-2H3,(H,39,46)/t27-/m1/s1. The van der Waals surface area contributed by atoms with Crippen LogP contribution in [-0.2, 0) is 28.7 Å². The molecule has 0 radical (unpaired) electrons. The highest BCUT2D eigenvalue weighted by Gasteiger charge is 2.39. The number of piperazine rings is 1. The van der Waals surface area contributed by atoms with Crippen LogP contribution in [0.4, 0.5) is 34.1 Å². The third-order valence-corrected chi connectivity index (χ3v) is 11.4. The molecule has 0 spiro atoms. The third kappa shape index (κ3) is 8.05. The van der Waals surface area contributed by atoms with Gasteiger partial charge < -0.3 is 35.0 Å². The number of alkyl halides is 3. The number of urea groups is 1. The van der Waals surface area contributed by atoms with E-state index < -0.39 is 29.8 Å². The number of thiophene rings is 1. The SMILES string of the molecule is CNc1c(Cl)cc(C[C@@H](OC(=O)N2CCC(N3Cc4sccc4NC3=O)CC2)C(=O)N2CCN(C3CCN(C)CC3)CC2)cc1C(F)(F)F. The molecule has 4 aliphatic rings. The Balaban J connectivity index is 1.14. The Bertz CT molecular complexity index is 1520. The van der Waals surface area contributed by atoms with Crippen molar-refractivity contribution in [1.82, 2.24) is 24.5 Å². The van der Waals surface area contributed by atoms with Gasteiger partial charge in [0.1, 0.15) is 0 Å². The number of carbonyl (C=O) groups excluding carboxylic acids is 3. The molecule has 2 N–H and O–H groups in total. The molecule has 3 saturated heterocycles. The number of nitrogens with zero attached hydrogens (tertiary/aromatic N) is 5. The van der Waals surface area contributed by atoms with E-state index in [0.717, 1.165) is 42.6 Å². The number of nitrogens with one attached hydrogen (secondary N) is 2. The van der Waals surface area contributed by atoms with Crippen LogP contribution < -0.4 is 10.6 Å². The summed E-state index contributed by atoms with van der Waals surface area (Å²) in [6.45, 7) is 5.37. The fourth-order valence-electron chi connectivity index (χ4n) is 7.36. The second-order valence-electron chi connectivity index (χ2n) is 13.3. The number of anilines is 2. The second-order valence-corrected chi connectivity index (χ2v) is 14.7. The quantitative estimate of drug-likeness (QED) is 0.402. The van der Waals surface area contributed by atoms with E-state index in [1.165, 1.54) is 18.0 Å². The predicted molar refractivity (Wildman–Crippen MR) is 182 cm³/mol. The van der Waals surface area contributed by atoms with Crippen molar-refractivity contribution in [3.63, 3.8) is 0 Å². The molecule has 2 aromatic rings. The summed E-state index contributed by atoms with van der Waals surface area (Å²) in [4.78, 5) is 51.0. The normalized spacial score (nSPS) is 20.9. The zero-order chi connectivity index (χ0) is 34.9. The van der Waals surface area contributed by atoms with Crippen LogP contribution in [0.25, 0.3) is 0 Å². The molecule has 0 aliphatic carbocycles. The second kappa shape index (κ2) is 14.9. The Hall–Kier alpha value is -3.27. The zero-order valence-corrected chi connectivity index (χ0v) is 29.3. The highest BCUT2D eigenvalue weighted by Crippen LogP contribution is 2.40. The van der Waals surface area contributed by atoms with Gasteiger partial charge in [0.15, 0.2) is 6.10 Å². The van der Waals surface area contributed by atoms with E-state index in [4.69, 9.17) is 16.3 Å². The van der Waals surface area contributed by atoms with Gasteiger partial charge in [-0.1, -0.05) is 11.6 Å². The van der Waals surface area contributed by atoms with Gasteiger partial charge in [-0.2, -0.15) is 13.2 Å². The van der Waals surface area contributed by atoms with Crippen LogP contribution in [0.1, 0.15) is 41.7 Å². The third-order valence-electron chi connectivity index (χ3n) is 10.2. The fourth-order valence-corrected chi connectivity index (χ4v) is 8.53. The number of likely N-dealkylation sites (tertiary alicyclic amines) is 2. The molecule has 1 aromatic heterocycles. The number of amides is 4. The van der Waals surface area contributed by atoms with Crippen LogP contribution in [0.2, 0.25) is 5.02 Å². The fraction of sp³-hybridized carbons (Fsp3) is 0.606. The maximum atomic E-state index is 14.0. The van der Waals surface area contributed by atoms with Gasteiger partial charge in [0, 0.05) is 69.7 Å².